The molecule has 6 heteroatoms. The van der Waals surface area contributed by atoms with Crippen LogP contribution in [-0.4, -0.2) is 37.2 Å². The first-order valence-corrected chi connectivity index (χ1v) is 25.3. The van der Waals surface area contributed by atoms with Gasteiger partial charge in [0.25, 0.3) is 0 Å². The van der Waals surface area contributed by atoms with Gasteiger partial charge in [-0.05, 0) is 96.3 Å². The van der Waals surface area contributed by atoms with Crippen molar-refractivity contribution in [1.29, 1.82) is 0 Å². The number of ether oxygens (including phenoxy) is 3. The Morgan fingerprint density at radius 1 is 0.350 bits per heavy atom. The van der Waals surface area contributed by atoms with Crippen molar-refractivity contribution in [2.45, 2.75) is 252 Å². The second kappa shape index (κ2) is 48.8. The van der Waals surface area contributed by atoms with Crippen LogP contribution in [0.15, 0.2) is 60.8 Å². The lowest BCUT2D eigenvalue weighted by molar-refractivity contribution is -0.167. The van der Waals surface area contributed by atoms with E-state index in [1.807, 2.05) is 0 Å². The van der Waals surface area contributed by atoms with E-state index in [0.29, 0.717) is 25.7 Å². The molecular formula is C54H94O6. The highest BCUT2D eigenvalue weighted by Crippen LogP contribution is 2.13. The van der Waals surface area contributed by atoms with Crippen LogP contribution < -0.4 is 0 Å². The second-order valence-corrected chi connectivity index (χ2v) is 16.7. The van der Waals surface area contributed by atoms with Crippen molar-refractivity contribution < 1.29 is 28.6 Å². The second-order valence-electron chi connectivity index (χ2n) is 16.7. The van der Waals surface area contributed by atoms with Gasteiger partial charge in [-0.3, -0.25) is 14.4 Å². The summed E-state index contributed by atoms with van der Waals surface area (Å²) in [5.41, 5.74) is 0. The molecule has 0 aromatic carbocycles. The Morgan fingerprint density at radius 3 is 1.17 bits per heavy atom. The summed E-state index contributed by atoms with van der Waals surface area (Å²) in [7, 11) is 0. The van der Waals surface area contributed by atoms with Gasteiger partial charge in [0.2, 0.25) is 0 Å². The van der Waals surface area contributed by atoms with Crippen LogP contribution in [-0.2, 0) is 28.6 Å². The number of carbonyl (C=O) groups excluding carboxylic acids is 3. The molecule has 0 N–H and O–H groups in total. The van der Waals surface area contributed by atoms with Gasteiger partial charge in [-0.15, -0.1) is 0 Å². The van der Waals surface area contributed by atoms with Crippen LogP contribution in [0.25, 0.3) is 0 Å². The highest BCUT2D eigenvalue weighted by Gasteiger charge is 2.19. The van der Waals surface area contributed by atoms with Crippen LogP contribution >= 0.6 is 0 Å². The molecule has 6 nitrogen and oxygen atoms in total. The zero-order chi connectivity index (χ0) is 43.7. The normalized spacial score (nSPS) is 12.5. The molecule has 0 radical (unpaired) electrons. The minimum atomic E-state index is -0.800. The minimum Gasteiger partial charge on any atom is -0.462 e. The van der Waals surface area contributed by atoms with Gasteiger partial charge < -0.3 is 14.2 Å². The molecule has 346 valence electrons. The number of allylic oxidation sites excluding steroid dienone is 10. The van der Waals surface area contributed by atoms with E-state index in [1.54, 1.807) is 0 Å². The molecule has 1 unspecified atom stereocenters. The zero-order valence-electron chi connectivity index (χ0n) is 39.5. The lowest BCUT2D eigenvalue weighted by atomic mass is 10.1. The fraction of sp³-hybridized carbons (Fsp3) is 0.759. The lowest BCUT2D eigenvalue weighted by Crippen LogP contribution is -2.30. The molecule has 1 atom stereocenters. The Morgan fingerprint density at radius 2 is 0.667 bits per heavy atom. The molecule has 0 spiro atoms. The summed E-state index contributed by atoms with van der Waals surface area (Å²) in [4.78, 5) is 37.8. The van der Waals surface area contributed by atoms with Crippen molar-refractivity contribution in [3.05, 3.63) is 60.8 Å². The van der Waals surface area contributed by atoms with Gasteiger partial charge in [-0.2, -0.15) is 0 Å². The molecule has 0 amide bonds. The van der Waals surface area contributed by atoms with Crippen LogP contribution in [0.3, 0.4) is 0 Å². The van der Waals surface area contributed by atoms with Crippen molar-refractivity contribution >= 4 is 17.9 Å². The average Bonchev–Trinajstić information content (AvgIpc) is 3.24. The Labute approximate surface area is 370 Å². The standard InChI is InChI=1S/C54H94O6/c1-4-7-10-13-16-19-21-23-25-27-29-30-32-35-38-41-44-47-53(56)59-50-51(49-58-52(55)46-43-40-37-34-18-15-12-9-6-3)60-54(57)48-45-42-39-36-33-31-28-26-24-22-20-17-14-11-8-5-2/h16,19,23,25-26,28,31,33-34,37,51H,4-15,17-18,20-22,24,27,29-30,32,35-36,38-50H2,1-3H3/b19-16-,25-23-,28-26-,33-31-,37-34-. The Kier molecular flexibility index (Phi) is 46.4. The molecule has 0 aromatic heterocycles. The van der Waals surface area contributed by atoms with Gasteiger partial charge in [-0.1, -0.05) is 191 Å². The molecule has 0 heterocycles. The molecule has 60 heavy (non-hydrogen) atoms. The third-order valence-electron chi connectivity index (χ3n) is 10.7. The maximum Gasteiger partial charge on any atom is 0.306 e. The van der Waals surface area contributed by atoms with Crippen molar-refractivity contribution in [3.8, 4) is 0 Å². The van der Waals surface area contributed by atoms with Gasteiger partial charge in [0.1, 0.15) is 13.2 Å². The quantitative estimate of drug-likeness (QED) is 0.0200. The minimum absolute atomic E-state index is 0.0976. The van der Waals surface area contributed by atoms with Crippen molar-refractivity contribution in [3.63, 3.8) is 0 Å². The zero-order valence-corrected chi connectivity index (χ0v) is 39.5. The molecular weight excluding hydrogens is 745 g/mol. The molecule has 0 saturated heterocycles. The topological polar surface area (TPSA) is 78.9 Å². The van der Waals surface area contributed by atoms with Crippen LogP contribution in [0.2, 0.25) is 0 Å². The first-order valence-electron chi connectivity index (χ1n) is 25.3. The molecule has 0 aliphatic rings. The highest BCUT2D eigenvalue weighted by molar-refractivity contribution is 5.71. The molecule has 0 rings (SSSR count). The van der Waals surface area contributed by atoms with Crippen LogP contribution in [0.5, 0.6) is 0 Å². The van der Waals surface area contributed by atoms with E-state index in [1.165, 1.54) is 122 Å². The first kappa shape index (κ1) is 57.1. The van der Waals surface area contributed by atoms with Crippen LogP contribution in [0, 0.1) is 0 Å². The van der Waals surface area contributed by atoms with E-state index in [4.69, 9.17) is 14.2 Å². The van der Waals surface area contributed by atoms with E-state index in [2.05, 4.69) is 81.5 Å². The number of rotatable bonds is 45. The number of carbonyl (C=O) groups is 3. The fourth-order valence-electron chi connectivity index (χ4n) is 6.88. The molecule has 0 saturated carbocycles. The largest absolute Gasteiger partial charge is 0.462 e. The molecule has 0 fully saturated rings. The third-order valence-corrected chi connectivity index (χ3v) is 10.7. The maximum absolute atomic E-state index is 12.8. The van der Waals surface area contributed by atoms with E-state index >= 15 is 0 Å². The Balaban J connectivity index is 4.40. The highest BCUT2D eigenvalue weighted by atomic mass is 16.6. The van der Waals surface area contributed by atoms with E-state index in [-0.39, 0.29) is 31.1 Å². The lowest BCUT2D eigenvalue weighted by Gasteiger charge is -2.18. The number of esters is 3. The van der Waals surface area contributed by atoms with Crippen LogP contribution in [0.1, 0.15) is 245 Å². The van der Waals surface area contributed by atoms with Gasteiger partial charge >= 0.3 is 17.9 Å². The summed E-state index contributed by atoms with van der Waals surface area (Å²) < 4.78 is 16.7. The number of hydrogen-bond donors (Lipinski definition) is 0. The van der Waals surface area contributed by atoms with Gasteiger partial charge in [0, 0.05) is 19.3 Å². The van der Waals surface area contributed by atoms with E-state index < -0.39 is 6.10 Å². The molecule has 0 aliphatic heterocycles. The van der Waals surface area contributed by atoms with Gasteiger partial charge in [0.15, 0.2) is 6.10 Å². The summed E-state index contributed by atoms with van der Waals surface area (Å²) in [6, 6.07) is 0. The van der Waals surface area contributed by atoms with Crippen LogP contribution in [0.4, 0.5) is 0 Å². The predicted octanol–water partition coefficient (Wildman–Crippen LogP) is 16.5. The van der Waals surface area contributed by atoms with Gasteiger partial charge in [-0.25, -0.2) is 0 Å². The monoisotopic (exact) mass is 839 g/mol. The Bertz CT molecular complexity index is 1100. The maximum atomic E-state index is 12.8. The molecule has 0 aliphatic carbocycles. The Hall–Kier alpha value is -2.89. The van der Waals surface area contributed by atoms with Gasteiger partial charge in [0.05, 0.1) is 0 Å². The first-order chi connectivity index (χ1) is 29.5. The molecule has 0 bridgehead atoms. The van der Waals surface area contributed by atoms with E-state index in [9.17, 15) is 14.4 Å². The summed E-state index contributed by atoms with van der Waals surface area (Å²) in [5.74, 6) is -0.967. The van der Waals surface area contributed by atoms with Crippen molar-refractivity contribution in [2.75, 3.05) is 13.2 Å². The average molecular weight is 839 g/mol. The van der Waals surface area contributed by atoms with Crippen molar-refractivity contribution in [1.82, 2.24) is 0 Å². The molecule has 0 aromatic rings. The smallest absolute Gasteiger partial charge is 0.306 e. The fourth-order valence-corrected chi connectivity index (χ4v) is 6.88. The van der Waals surface area contributed by atoms with E-state index in [0.717, 1.165) is 77.0 Å². The summed E-state index contributed by atoms with van der Waals surface area (Å²) >= 11 is 0. The summed E-state index contributed by atoms with van der Waals surface area (Å²) in [6.45, 7) is 6.52. The SMILES string of the molecule is CCCCC/C=C\C/C=C\CCCCCCCCCC(=O)OCC(COC(=O)CCC/C=C\CCCCCC)OC(=O)CCCCC/C=C\C=C/CCCCCCCCC. The van der Waals surface area contributed by atoms with Crippen molar-refractivity contribution in [2.24, 2.45) is 0 Å². The summed E-state index contributed by atoms with van der Waals surface area (Å²) in [6.07, 6.45) is 59.3. The third kappa shape index (κ3) is 46.2. The predicted molar refractivity (Wildman–Crippen MR) is 256 cm³/mol. The number of unbranched alkanes of at least 4 members (excludes halogenated alkanes) is 25. The summed E-state index contributed by atoms with van der Waals surface area (Å²) in [5, 5.41) is 0. The number of hydrogen-bond acceptors (Lipinski definition) is 6.